The van der Waals surface area contributed by atoms with Gasteiger partial charge in [-0.15, -0.1) is 0 Å². The molecule has 0 aromatic carbocycles. The summed E-state index contributed by atoms with van der Waals surface area (Å²) in [6.07, 6.45) is -1.26. The molecule has 0 saturated carbocycles. The lowest BCUT2D eigenvalue weighted by atomic mass is 10.1. The normalized spacial score (nSPS) is 11.6. The third-order valence-corrected chi connectivity index (χ3v) is 2.57. The van der Waals surface area contributed by atoms with E-state index in [4.69, 9.17) is 4.74 Å². The van der Waals surface area contributed by atoms with E-state index < -0.39 is 18.6 Å². The summed E-state index contributed by atoms with van der Waals surface area (Å²) >= 11 is 0. The van der Waals surface area contributed by atoms with E-state index in [0.29, 0.717) is 6.54 Å². The summed E-state index contributed by atoms with van der Waals surface area (Å²) in [5, 5.41) is 9.79. The zero-order valence-electron chi connectivity index (χ0n) is 12.3. The Labute approximate surface area is 122 Å². The predicted octanol–water partition coefficient (Wildman–Crippen LogP) is 1.96. The van der Waals surface area contributed by atoms with Crippen LogP contribution in [0.4, 0.5) is 8.78 Å². The van der Waals surface area contributed by atoms with Crippen LogP contribution in [0.5, 0.6) is 5.75 Å². The van der Waals surface area contributed by atoms with Crippen molar-refractivity contribution in [3.63, 3.8) is 0 Å². The molecular formula is C14H20F2N2O3. The number of ether oxygens (including phenoxy) is 1. The van der Waals surface area contributed by atoms with Crippen LogP contribution >= 0.6 is 0 Å². The Balaban J connectivity index is 2.83. The van der Waals surface area contributed by atoms with Gasteiger partial charge in [0.1, 0.15) is 18.1 Å². The number of hydrogen-bond donors (Lipinski definition) is 1. The van der Waals surface area contributed by atoms with Crippen LogP contribution in [0.25, 0.3) is 0 Å². The van der Waals surface area contributed by atoms with Crippen LogP contribution in [0.3, 0.4) is 0 Å². The van der Waals surface area contributed by atoms with Gasteiger partial charge in [-0.05, 0) is 26.8 Å². The molecule has 0 atom stereocenters. The summed E-state index contributed by atoms with van der Waals surface area (Å²) in [5.41, 5.74) is -0.942. The molecule has 1 rings (SSSR count). The molecule has 1 N–H and O–H groups in total. The van der Waals surface area contributed by atoms with E-state index in [1.54, 1.807) is 20.8 Å². The quantitative estimate of drug-likeness (QED) is 0.836. The van der Waals surface area contributed by atoms with Crippen molar-refractivity contribution >= 4 is 5.91 Å². The number of pyridine rings is 1. The maximum absolute atomic E-state index is 12.3. The van der Waals surface area contributed by atoms with E-state index >= 15 is 0 Å². The van der Waals surface area contributed by atoms with Crippen molar-refractivity contribution in [2.75, 3.05) is 19.7 Å². The number of aliphatic hydroxyl groups is 1. The zero-order chi connectivity index (χ0) is 16.0. The van der Waals surface area contributed by atoms with E-state index in [0.717, 1.165) is 0 Å². The second kappa shape index (κ2) is 7.31. The van der Waals surface area contributed by atoms with E-state index in [1.165, 1.54) is 23.2 Å². The minimum Gasteiger partial charge on any atom is -0.488 e. The van der Waals surface area contributed by atoms with Gasteiger partial charge >= 0.3 is 0 Å². The molecule has 1 amide bonds. The van der Waals surface area contributed by atoms with Gasteiger partial charge < -0.3 is 14.7 Å². The average Bonchev–Trinajstić information content (AvgIpc) is 2.41. The van der Waals surface area contributed by atoms with Gasteiger partial charge in [0.2, 0.25) is 0 Å². The highest BCUT2D eigenvalue weighted by atomic mass is 19.3. The molecule has 5 nitrogen and oxygen atoms in total. The SMILES string of the molecule is CCN(CC(C)(C)O)C(=O)c1cc(OCC(F)F)ccn1. The van der Waals surface area contributed by atoms with Crippen molar-refractivity contribution < 1.29 is 23.4 Å². The maximum atomic E-state index is 12.3. The Morgan fingerprint density at radius 2 is 2.19 bits per heavy atom. The number of rotatable bonds is 7. The number of aromatic nitrogens is 1. The lowest BCUT2D eigenvalue weighted by Crippen LogP contribution is -2.42. The van der Waals surface area contributed by atoms with Crippen molar-refractivity contribution in [3.05, 3.63) is 24.0 Å². The minimum absolute atomic E-state index is 0.0906. The van der Waals surface area contributed by atoms with E-state index in [9.17, 15) is 18.7 Å². The highest BCUT2D eigenvalue weighted by Crippen LogP contribution is 2.15. The van der Waals surface area contributed by atoms with Gasteiger partial charge in [-0.2, -0.15) is 0 Å². The molecule has 1 aromatic heterocycles. The molecule has 0 unspecified atom stereocenters. The van der Waals surface area contributed by atoms with Crippen LogP contribution in [0, 0.1) is 0 Å². The topological polar surface area (TPSA) is 62.7 Å². The molecule has 0 fully saturated rings. The Morgan fingerprint density at radius 3 is 2.71 bits per heavy atom. The predicted molar refractivity (Wildman–Crippen MR) is 73.6 cm³/mol. The minimum atomic E-state index is -2.58. The van der Waals surface area contributed by atoms with Gasteiger partial charge in [-0.25, -0.2) is 8.78 Å². The summed E-state index contributed by atoms with van der Waals surface area (Å²) in [7, 11) is 0. The molecule has 0 bridgehead atoms. The first kappa shape index (κ1) is 17.3. The fourth-order valence-electron chi connectivity index (χ4n) is 1.73. The number of carbonyl (C=O) groups is 1. The number of likely N-dealkylation sites (N-methyl/N-ethyl adjacent to an activating group) is 1. The molecule has 0 radical (unpaired) electrons. The number of halogens is 2. The third kappa shape index (κ3) is 6.03. The van der Waals surface area contributed by atoms with Gasteiger partial charge in [0.25, 0.3) is 12.3 Å². The van der Waals surface area contributed by atoms with Gasteiger partial charge in [-0.3, -0.25) is 9.78 Å². The first-order valence-corrected chi connectivity index (χ1v) is 6.61. The molecule has 0 aliphatic rings. The molecule has 1 heterocycles. The molecule has 118 valence electrons. The molecule has 0 saturated heterocycles. The Hall–Kier alpha value is -1.76. The first-order chi connectivity index (χ1) is 9.73. The lowest BCUT2D eigenvalue weighted by Gasteiger charge is -2.27. The zero-order valence-corrected chi connectivity index (χ0v) is 12.3. The van der Waals surface area contributed by atoms with Crippen molar-refractivity contribution in [1.82, 2.24) is 9.88 Å². The van der Waals surface area contributed by atoms with E-state index in [1.807, 2.05) is 0 Å². The fraction of sp³-hybridized carbons (Fsp3) is 0.571. The molecule has 7 heteroatoms. The van der Waals surface area contributed by atoms with Crippen LogP contribution in [-0.4, -0.2) is 52.6 Å². The molecule has 0 spiro atoms. The standard InChI is InChI=1S/C14H20F2N2O3/c1-4-18(9-14(2,3)20)13(19)11-7-10(5-6-17-11)21-8-12(15)16/h5-7,12,20H,4,8-9H2,1-3H3. The highest BCUT2D eigenvalue weighted by Gasteiger charge is 2.23. The van der Waals surface area contributed by atoms with Crippen molar-refractivity contribution in [3.8, 4) is 5.75 Å². The van der Waals surface area contributed by atoms with Crippen LogP contribution in [0.2, 0.25) is 0 Å². The monoisotopic (exact) mass is 302 g/mol. The smallest absolute Gasteiger partial charge is 0.272 e. The highest BCUT2D eigenvalue weighted by molar-refractivity contribution is 5.92. The number of carbonyl (C=O) groups excluding carboxylic acids is 1. The summed E-state index contributed by atoms with van der Waals surface area (Å²) in [5.74, 6) is -0.227. The molecule has 21 heavy (non-hydrogen) atoms. The Morgan fingerprint density at radius 1 is 1.52 bits per heavy atom. The van der Waals surface area contributed by atoms with Gasteiger partial charge in [-0.1, -0.05) is 0 Å². The van der Waals surface area contributed by atoms with Gasteiger partial charge in [0.15, 0.2) is 0 Å². The second-order valence-corrected chi connectivity index (χ2v) is 5.21. The lowest BCUT2D eigenvalue weighted by molar-refractivity contribution is 0.0311. The number of amides is 1. The molecule has 0 aliphatic heterocycles. The number of alkyl halides is 2. The summed E-state index contributed by atoms with van der Waals surface area (Å²) in [6, 6.07) is 2.73. The van der Waals surface area contributed by atoms with Gasteiger partial charge in [0, 0.05) is 25.4 Å². The van der Waals surface area contributed by atoms with Crippen LogP contribution < -0.4 is 4.74 Å². The second-order valence-electron chi connectivity index (χ2n) is 5.21. The Kier molecular flexibility index (Phi) is 6.02. The van der Waals surface area contributed by atoms with E-state index in [-0.39, 0.29) is 23.9 Å². The van der Waals surface area contributed by atoms with Crippen LogP contribution in [0.15, 0.2) is 18.3 Å². The van der Waals surface area contributed by atoms with Crippen molar-refractivity contribution in [2.24, 2.45) is 0 Å². The van der Waals surface area contributed by atoms with Crippen molar-refractivity contribution in [2.45, 2.75) is 32.8 Å². The summed E-state index contributed by atoms with van der Waals surface area (Å²) < 4.78 is 29.1. The molecular weight excluding hydrogens is 282 g/mol. The Bertz CT molecular complexity index is 476. The van der Waals surface area contributed by atoms with Crippen molar-refractivity contribution in [1.29, 1.82) is 0 Å². The van der Waals surface area contributed by atoms with Crippen LogP contribution in [-0.2, 0) is 0 Å². The van der Waals surface area contributed by atoms with Crippen LogP contribution in [0.1, 0.15) is 31.3 Å². The third-order valence-electron chi connectivity index (χ3n) is 2.57. The number of nitrogens with zero attached hydrogens (tertiary/aromatic N) is 2. The first-order valence-electron chi connectivity index (χ1n) is 6.61. The largest absolute Gasteiger partial charge is 0.488 e. The average molecular weight is 302 g/mol. The number of hydrogen-bond acceptors (Lipinski definition) is 4. The summed E-state index contributed by atoms with van der Waals surface area (Å²) in [6.45, 7) is 4.77. The van der Waals surface area contributed by atoms with E-state index in [2.05, 4.69) is 4.98 Å². The molecule has 1 aromatic rings. The van der Waals surface area contributed by atoms with Gasteiger partial charge in [0.05, 0.1) is 5.60 Å². The summed E-state index contributed by atoms with van der Waals surface area (Å²) in [4.78, 5) is 17.6. The molecule has 0 aliphatic carbocycles. The maximum Gasteiger partial charge on any atom is 0.272 e. The fourth-order valence-corrected chi connectivity index (χ4v) is 1.73.